The zero-order chi connectivity index (χ0) is 16.6. The number of allylic oxidation sites excluding steroid dienone is 2. The van der Waals surface area contributed by atoms with Crippen LogP contribution in [-0.2, 0) is 12.8 Å². The van der Waals surface area contributed by atoms with Crippen LogP contribution in [0, 0.1) is 11.3 Å². The molecule has 22 heavy (non-hydrogen) atoms. The summed E-state index contributed by atoms with van der Waals surface area (Å²) >= 11 is 0. The van der Waals surface area contributed by atoms with Crippen LogP contribution in [0.4, 0.5) is 0 Å². The highest BCUT2D eigenvalue weighted by Gasteiger charge is 2.12. The minimum Gasteiger partial charge on any atom is -0.241 e. The molecule has 0 saturated heterocycles. The standard InChI is InChI=1S/C20H34N2/c1-7-10-16(3)18(11-9-12-20(4,5)6)13-19-21-14-17(8-2)15-22-19/h11,14-16H,7-10,12-13H2,1-6H3/b18-11-. The molecule has 0 aromatic carbocycles. The summed E-state index contributed by atoms with van der Waals surface area (Å²) in [6.07, 6.45) is 13.1. The molecule has 1 atom stereocenters. The van der Waals surface area contributed by atoms with Crippen molar-refractivity contribution in [2.24, 2.45) is 11.3 Å². The van der Waals surface area contributed by atoms with Crippen LogP contribution in [0.1, 0.15) is 78.6 Å². The lowest BCUT2D eigenvalue weighted by Crippen LogP contribution is -2.08. The van der Waals surface area contributed by atoms with Crippen molar-refractivity contribution in [3.8, 4) is 0 Å². The van der Waals surface area contributed by atoms with Gasteiger partial charge >= 0.3 is 0 Å². The molecular formula is C20H34N2. The van der Waals surface area contributed by atoms with E-state index in [2.05, 4.69) is 57.6 Å². The predicted molar refractivity (Wildman–Crippen MR) is 96.0 cm³/mol. The maximum absolute atomic E-state index is 4.54. The summed E-state index contributed by atoms with van der Waals surface area (Å²) in [5, 5.41) is 0. The van der Waals surface area contributed by atoms with Crippen molar-refractivity contribution in [1.29, 1.82) is 0 Å². The number of nitrogens with zero attached hydrogens (tertiary/aromatic N) is 2. The molecule has 1 heterocycles. The summed E-state index contributed by atoms with van der Waals surface area (Å²) < 4.78 is 0. The minimum atomic E-state index is 0.398. The van der Waals surface area contributed by atoms with E-state index in [1.807, 2.05) is 12.4 Å². The van der Waals surface area contributed by atoms with Gasteiger partial charge in [0.05, 0.1) is 0 Å². The Morgan fingerprint density at radius 1 is 1.18 bits per heavy atom. The summed E-state index contributed by atoms with van der Waals surface area (Å²) in [7, 11) is 0. The third-order valence-electron chi connectivity index (χ3n) is 4.18. The number of aromatic nitrogens is 2. The average Bonchev–Trinajstić information content (AvgIpc) is 2.46. The average molecular weight is 303 g/mol. The van der Waals surface area contributed by atoms with Crippen LogP contribution in [-0.4, -0.2) is 9.97 Å². The summed E-state index contributed by atoms with van der Waals surface area (Å²) in [4.78, 5) is 9.07. The minimum absolute atomic E-state index is 0.398. The van der Waals surface area contributed by atoms with Gasteiger partial charge in [0.25, 0.3) is 0 Å². The Morgan fingerprint density at radius 3 is 2.32 bits per heavy atom. The summed E-state index contributed by atoms with van der Waals surface area (Å²) in [6.45, 7) is 13.7. The van der Waals surface area contributed by atoms with E-state index in [0.29, 0.717) is 11.3 Å². The Bertz CT molecular complexity index is 452. The highest BCUT2D eigenvalue weighted by molar-refractivity contribution is 5.14. The fourth-order valence-electron chi connectivity index (χ4n) is 2.59. The Hall–Kier alpha value is -1.18. The van der Waals surface area contributed by atoms with E-state index >= 15 is 0 Å². The molecular weight excluding hydrogens is 268 g/mol. The van der Waals surface area contributed by atoms with Crippen molar-refractivity contribution in [2.75, 3.05) is 0 Å². The van der Waals surface area contributed by atoms with Gasteiger partial charge in [0, 0.05) is 18.8 Å². The third-order valence-corrected chi connectivity index (χ3v) is 4.18. The normalized spacial score (nSPS) is 14.2. The molecule has 0 amide bonds. The van der Waals surface area contributed by atoms with Crippen molar-refractivity contribution in [1.82, 2.24) is 9.97 Å². The zero-order valence-electron chi connectivity index (χ0n) is 15.4. The van der Waals surface area contributed by atoms with Gasteiger partial charge in [-0.3, -0.25) is 0 Å². The number of aryl methyl sites for hydroxylation is 1. The maximum Gasteiger partial charge on any atom is 0.132 e. The summed E-state index contributed by atoms with van der Waals surface area (Å²) in [5.41, 5.74) is 3.12. The molecule has 1 aromatic heterocycles. The molecule has 1 aromatic rings. The first-order chi connectivity index (χ1) is 10.4. The van der Waals surface area contributed by atoms with Crippen LogP contribution in [0.25, 0.3) is 0 Å². The SMILES string of the molecule is CCCC(C)/C(=C\CCC(C)(C)C)Cc1ncc(CC)cn1. The zero-order valence-corrected chi connectivity index (χ0v) is 15.4. The molecule has 2 heteroatoms. The second kappa shape index (κ2) is 9.07. The van der Waals surface area contributed by atoms with E-state index in [9.17, 15) is 0 Å². The molecule has 0 saturated carbocycles. The molecule has 0 radical (unpaired) electrons. The summed E-state index contributed by atoms with van der Waals surface area (Å²) in [5.74, 6) is 1.58. The topological polar surface area (TPSA) is 25.8 Å². The van der Waals surface area contributed by atoms with Gasteiger partial charge in [-0.1, -0.05) is 59.6 Å². The van der Waals surface area contributed by atoms with Gasteiger partial charge in [0.15, 0.2) is 0 Å². The van der Waals surface area contributed by atoms with Gasteiger partial charge in [-0.15, -0.1) is 0 Å². The lowest BCUT2D eigenvalue weighted by atomic mass is 9.87. The van der Waals surface area contributed by atoms with Gasteiger partial charge in [-0.05, 0) is 42.6 Å². The van der Waals surface area contributed by atoms with Gasteiger partial charge in [-0.25, -0.2) is 9.97 Å². The van der Waals surface area contributed by atoms with Crippen LogP contribution < -0.4 is 0 Å². The second-order valence-corrected chi connectivity index (χ2v) is 7.61. The first-order valence-electron chi connectivity index (χ1n) is 8.84. The summed E-state index contributed by atoms with van der Waals surface area (Å²) in [6, 6.07) is 0. The second-order valence-electron chi connectivity index (χ2n) is 7.61. The number of rotatable bonds is 8. The van der Waals surface area contributed by atoms with E-state index < -0.39 is 0 Å². The Kier molecular flexibility index (Phi) is 7.78. The van der Waals surface area contributed by atoms with E-state index in [0.717, 1.165) is 25.1 Å². The Labute approximate surface area is 137 Å². The van der Waals surface area contributed by atoms with Crippen molar-refractivity contribution >= 4 is 0 Å². The maximum atomic E-state index is 4.54. The molecule has 0 aliphatic rings. The molecule has 1 rings (SSSR count). The Balaban J connectivity index is 2.77. The molecule has 0 fully saturated rings. The highest BCUT2D eigenvalue weighted by Crippen LogP contribution is 2.25. The van der Waals surface area contributed by atoms with Gasteiger partial charge in [-0.2, -0.15) is 0 Å². The van der Waals surface area contributed by atoms with Crippen LogP contribution in [0.3, 0.4) is 0 Å². The van der Waals surface area contributed by atoms with Gasteiger partial charge in [0.2, 0.25) is 0 Å². The van der Waals surface area contributed by atoms with E-state index in [1.165, 1.54) is 30.4 Å². The third kappa shape index (κ3) is 7.20. The van der Waals surface area contributed by atoms with Crippen LogP contribution >= 0.6 is 0 Å². The molecule has 0 bridgehead atoms. The fraction of sp³-hybridized carbons (Fsp3) is 0.700. The predicted octanol–water partition coefficient (Wildman–Crippen LogP) is 5.77. The van der Waals surface area contributed by atoms with Crippen molar-refractivity contribution in [2.45, 2.75) is 80.1 Å². The van der Waals surface area contributed by atoms with Crippen LogP contribution in [0.15, 0.2) is 24.0 Å². The lowest BCUT2D eigenvalue weighted by molar-refractivity contribution is 0.380. The molecule has 2 nitrogen and oxygen atoms in total. The molecule has 1 unspecified atom stereocenters. The van der Waals surface area contributed by atoms with Crippen molar-refractivity contribution < 1.29 is 0 Å². The first-order valence-corrected chi connectivity index (χ1v) is 8.84. The lowest BCUT2D eigenvalue weighted by Gasteiger charge is -2.19. The van der Waals surface area contributed by atoms with Crippen LogP contribution in [0.2, 0.25) is 0 Å². The first kappa shape index (κ1) is 18.9. The largest absolute Gasteiger partial charge is 0.241 e. The van der Waals surface area contributed by atoms with Gasteiger partial charge < -0.3 is 0 Å². The monoisotopic (exact) mass is 302 g/mol. The van der Waals surface area contributed by atoms with Crippen molar-refractivity contribution in [3.63, 3.8) is 0 Å². The van der Waals surface area contributed by atoms with Crippen molar-refractivity contribution in [3.05, 3.63) is 35.4 Å². The van der Waals surface area contributed by atoms with Gasteiger partial charge in [0.1, 0.15) is 5.82 Å². The molecule has 0 spiro atoms. The van der Waals surface area contributed by atoms with E-state index in [1.54, 1.807) is 0 Å². The smallest absolute Gasteiger partial charge is 0.132 e. The number of hydrogen-bond acceptors (Lipinski definition) is 2. The van der Waals surface area contributed by atoms with E-state index in [4.69, 9.17) is 0 Å². The molecule has 124 valence electrons. The molecule has 0 N–H and O–H groups in total. The van der Waals surface area contributed by atoms with E-state index in [-0.39, 0.29) is 0 Å². The fourth-order valence-corrected chi connectivity index (χ4v) is 2.59. The highest BCUT2D eigenvalue weighted by atomic mass is 14.9. The van der Waals surface area contributed by atoms with Crippen LogP contribution in [0.5, 0.6) is 0 Å². The Morgan fingerprint density at radius 2 is 1.82 bits per heavy atom. The molecule has 0 aliphatic carbocycles. The quantitative estimate of drug-likeness (QED) is 0.570. The number of hydrogen-bond donors (Lipinski definition) is 0. The molecule has 0 aliphatic heterocycles.